The first kappa shape index (κ1) is 19.7. The van der Waals surface area contributed by atoms with Crippen LogP contribution in [-0.4, -0.2) is 27.0 Å². The highest BCUT2D eigenvalue weighted by atomic mass is 35.5. The average molecular weight is 400 g/mol. The Hall–Kier alpha value is -2.02. The van der Waals surface area contributed by atoms with E-state index in [2.05, 4.69) is 10.2 Å². The van der Waals surface area contributed by atoms with Crippen molar-refractivity contribution < 1.29 is 18.0 Å². The molecule has 0 radical (unpaired) electrons. The highest BCUT2D eigenvalue weighted by molar-refractivity contribution is 6.30. The third kappa shape index (κ3) is 4.13. The fourth-order valence-electron chi connectivity index (χ4n) is 3.24. The number of benzene rings is 1. The minimum atomic E-state index is -2.96. The maximum atomic E-state index is 13.3. The Balaban J connectivity index is 1.98. The van der Waals surface area contributed by atoms with Crippen LogP contribution in [0.1, 0.15) is 71.9 Å². The summed E-state index contributed by atoms with van der Waals surface area (Å²) in [4.78, 5) is 14.6. The Kier molecular flexibility index (Phi) is 5.79. The molecule has 0 unspecified atom stereocenters. The van der Waals surface area contributed by atoms with Crippen molar-refractivity contribution >= 4 is 17.5 Å². The first-order valence-corrected chi connectivity index (χ1v) is 9.21. The normalized spacial score (nSPS) is 14.2. The van der Waals surface area contributed by atoms with Gasteiger partial charge in [-0.05, 0) is 42.0 Å². The second kappa shape index (κ2) is 7.92. The molecule has 1 aliphatic carbocycles. The fraction of sp³-hybridized carbons (Fsp3) is 0.474. The second-order valence-electron chi connectivity index (χ2n) is 7.06. The molecule has 1 N–H and O–H groups in total. The van der Waals surface area contributed by atoms with Crippen LogP contribution in [-0.2, 0) is 13.2 Å². The number of alkyl halides is 3. The number of amides is 1. The van der Waals surface area contributed by atoms with Gasteiger partial charge in [0.2, 0.25) is 0 Å². The Morgan fingerprint density at radius 2 is 2.07 bits per heavy atom. The van der Waals surface area contributed by atoms with E-state index in [1.165, 1.54) is 4.90 Å². The van der Waals surface area contributed by atoms with Crippen LogP contribution in [0.2, 0.25) is 5.02 Å². The van der Waals surface area contributed by atoms with Crippen LogP contribution in [0.15, 0.2) is 18.2 Å². The van der Waals surface area contributed by atoms with E-state index in [9.17, 15) is 18.0 Å². The fourth-order valence-corrected chi connectivity index (χ4v) is 3.44. The topological polar surface area (TPSA) is 49.0 Å². The molecule has 3 rings (SSSR count). The molecular formula is C19H21ClF3N3O. The van der Waals surface area contributed by atoms with Crippen LogP contribution in [0.25, 0.3) is 0 Å². The predicted molar refractivity (Wildman–Crippen MR) is 96.8 cm³/mol. The number of carbonyl (C=O) groups excluding carboxylic acids is 1. The summed E-state index contributed by atoms with van der Waals surface area (Å²) in [6.07, 6.45) is -1.38. The highest BCUT2D eigenvalue weighted by Crippen LogP contribution is 2.34. The first-order valence-electron chi connectivity index (χ1n) is 8.84. The van der Waals surface area contributed by atoms with Crippen LogP contribution in [0.3, 0.4) is 0 Å². The number of nitrogens with zero attached hydrogens (tertiary/aromatic N) is 2. The van der Waals surface area contributed by atoms with E-state index >= 15 is 0 Å². The summed E-state index contributed by atoms with van der Waals surface area (Å²) in [6.45, 7) is 3.23. The van der Waals surface area contributed by atoms with Crippen LogP contribution < -0.4 is 0 Å². The summed E-state index contributed by atoms with van der Waals surface area (Å²) in [6, 6.07) is 5.44. The van der Waals surface area contributed by atoms with Crippen molar-refractivity contribution in [3.8, 4) is 0 Å². The number of rotatable bonds is 7. The lowest BCUT2D eigenvalue weighted by molar-refractivity contribution is 0.0715. The Bertz CT molecular complexity index is 834. The van der Waals surface area contributed by atoms with Crippen molar-refractivity contribution in [2.24, 2.45) is 0 Å². The molecule has 1 heterocycles. The van der Waals surface area contributed by atoms with E-state index in [4.69, 9.17) is 11.6 Å². The molecule has 8 heteroatoms. The molecule has 0 saturated heterocycles. The molecule has 146 valence electrons. The summed E-state index contributed by atoms with van der Waals surface area (Å²) < 4.78 is 39.8. The number of carbonyl (C=O) groups is 1. The lowest BCUT2D eigenvalue weighted by Gasteiger charge is -2.25. The van der Waals surface area contributed by atoms with Gasteiger partial charge >= 0.3 is 0 Å². The summed E-state index contributed by atoms with van der Waals surface area (Å²) in [5, 5.41) is 6.22. The SMILES string of the molecule is CC(C)c1ccc(Cl)cc1CN(C(=O)c1c(C(F)F)n[nH]c1CF)C1CC1. The molecule has 1 aromatic heterocycles. The molecule has 1 amide bonds. The molecule has 4 nitrogen and oxygen atoms in total. The average Bonchev–Trinajstić information content (AvgIpc) is 3.36. The predicted octanol–water partition coefficient (Wildman–Crippen LogP) is 5.40. The van der Waals surface area contributed by atoms with E-state index in [1.54, 1.807) is 12.1 Å². The summed E-state index contributed by atoms with van der Waals surface area (Å²) in [5.74, 6) is -0.413. The number of H-pyrrole nitrogens is 1. The third-order valence-electron chi connectivity index (χ3n) is 4.74. The summed E-state index contributed by atoms with van der Waals surface area (Å²) in [5.41, 5.74) is 0.628. The van der Waals surface area contributed by atoms with Gasteiger partial charge in [0.05, 0.1) is 11.3 Å². The van der Waals surface area contributed by atoms with E-state index in [1.807, 2.05) is 19.9 Å². The van der Waals surface area contributed by atoms with E-state index in [0.29, 0.717) is 5.02 Å². The lowest BCUT2D eigenvalue weighted by Crippen LogP contribution is -2.34. The number of nitrogens with one attached hydrogen (secondary N) is 1. The molecule has 0 spiro atoms. The Morgan fingerprint density at radius 3 is 2.63 bits per heavy atom. The monoisotopic (exact) mass is 399 g/mol. The van der Waals surface area contributed by atoms with Crippen molar-refractivity contribution in [3.05, 3.63) is 51.3 Å². The van der Waals surface area contributed by atoms with Gasteiger partial charge in [0.15, 0.2) is 0 Å². The van der Waals surface area contributed by atoms with Crippen LogP contribution in [0.5, 0.6) is 0 Å². The summed E-state index contributed by atoms with van der Waals surface area (Å²) in [7, 11) is 0. The molecule has 0 atom stereocenters. The molecule has 1 aliphatic rings. The summed E-state index contributed by atoms with van der Waals surface area (Å²) >= 11 is 6.13. The zero-order valence-electron chi connectivity index (χ0n) is 15.1. The van der Waals surface area contributed by atoms with Crippen molar-refractivity contribution in [1.29, 1.82) is 0 Å². The molecule has 27 heavy (non-hydrogen) atoms. The van der Waals surface area contributed by atoms with Gasteiger partial charge in [0, 0.05) is 17.6 Å². The van der Waals surface area contributed by atoms with Gasteiger partial charge in [0.1, 0.15) is 12.4 Å². The lowest BCUT2D eigenvalue weighted by atomic mass is 9.96. The maximum Gasteiger partial charge on any atom is 0.282 e. The van der Waals surface area contributed by atoms with E-state index in [0.717, 1.165) is 24.0 Å². The van der Waals surface area contributed by atoms with Crippen molar-refractivity contribution in [2.45, 2.75) is 58.3 Å². The highest BCUT2D eigenvalue weighted by Gasteiger charge is 2.37. The minimum absolute atomic E-state index is 0.0515. The molecule has 1 fully saturated rings. The Morgan fingerprint density at radius 1 is 1.37 bits per heavy atom. The van der Waals surface area contributed by atoms with Crippen LogP contribution in [0, 0.1) is 0 Å². The largest absolute Gasteiger partial charge is 0.331 e. The number of aromatic nitrogens is 2. The molecule has 0 bridgehead atoms. The van der Waals surface area contributed by atoms with Crippen LogP contribution in [0.4, 0.5) is 13.2 Å². The number of hydrogen-bond acceptors (Lipinski definition) is 2. The van der Waals surface area contributed by atoms with Crippen molar-refractivity contribution in [2.75, 3.05) is 0 Å². The third-order valence-corrected chi connectivity index (χ3v) is 4.97. The molecular weight excluding hydrogens is 379 g/mol. The number of aromatic amines is 1. The van der Waals surface area contributed by atoms with Gasteiger partial charge in [-0.2, -0.15) is 5.10 Å². The van der Waals surface area contributed by atoms with Crippen molar-refractivity contribution in [3.63, 3.8) is 0 Å². The molecule has 0 aliphatic heterocycles. The van der Waals surface area contributed by atoms with Gasteiger partial charge in [-0.1, -0.05) is 31.5 Å². The zero-order chi connectivity index (χ0) is 19.7. The van der Waals surface area contributed by atoms with E-state index < -0.39 is 24.7 Å². The van der Waals surface area contributed by atoms with Gasteiger partial charge in [-0.3, -0.25) is 9.89 Å². The van der Waals surface area contributed by atoms with E-state index in [-0.39, 0.29) is 29.8 Å². The second-order valence-corrected chi connectivity index (χ2v) is 7.50. The first-order chi connectivity index (χ1) is 12.8. The zero-order valence-corrected chi connectivity index (χ0v) is 15.9. The standard InChI is InChI=1S/C19H21ClF3N3O/c1-10(2)14-6-3-12(20)7-11(14)9-26(13-4-5-13)19(27)16-15(8-21)24-25-17(16)18(22)23/h3,6-7,10,13,18H,4-5,8-9H2,1-2H3,(H,24,25). The van der Waals surface area contributed by atoms with Crippen molar-refractivity contribution in [1.82, 2.24) is 15.1 Å². The quantitative estimate of drug-likeness (QED) is 0.677. The van der Waals surface area contributed by atoms with Crippen LogP contribution >= 0.6 is 11.6 Å². The number of halogens is 4. The number of hydrogen-bond donors (Lipinski definition) is 1. The smallest absolute Gasteiger partial charge is 0.282 e. The van der Waals surface area contributed by atoms with Gasteiger partial charge < -0.3 is 4.90 Å². The molecule has 2 aromatic rings. The van der Waals surface area contributed by atoms with Gasteiger partial charge in [-0.25, -0.2) is 13.2 Å². The molecule has 1 saturated carbocycles. The molecule has 1 aromatic carbocycles. The maximum absolute atomic E-state index is 13.3. The Labute approximate surface area is 160 Å². The van der Waals surface area contributed by atoms with Gasteiger partial charge in [0.25, 0.3) is 12.3 Å². The minimum Gasteiger partial charge on any atom is -0.331 e. The van der Waals surface area contributed by atoms with Gasteiger partial charge in [-0.15, -0.1) is 0 Å².